The lowest BCUT2D eigenvalue weighted by Crippen LogP contribution is -2.35. The molecule has 1 rings (SSSR count). The number of rotatable bonds is 8. The zero-order valence-electron chi connectivity index (χ0n) is 13.0. The minimum absolute atomic E-state index is 0.410. The van der Waals surface area contributed by atoms with Crippen LogP contribution in [0.4, 0.5) is 5.69 Å². The molecule has 2 N–H and O–H groups in total. The predicted octanol–water partition coefficient (Wildman–Crippen LogP) is 2.73. The quantitative estimate of drug-likeness (QED) is 0.684. The molecule has 5 nitrogen and oxygen atoms in total. The average Bonchev–Trinajstić information content (AvgIpc) is 2.39. The molecule has 0 fully saturated rings. The molecule has 21 heavy (non-hydrogen) atoms. The van der Waals surface area contributed by atoms with E-state index in [0.717, 1.165) is 23.0 Å². The Morgan fingerprint density at radius 2 is 2.00 bits per heavy atom. The van der Waals surface area contributed by atoms with Crippen molar-refractivity contribution in [2.24, 2.45) is 0 Å². The molecule has 0 aromatic heterocycles. The second kappa shape index (κ2) is 8.12. The van der Waals surface area contributed by atoms with Gasteiger partial charge in [-0.1, -0.05) is 26.0 Å². The molecule has 0 aliphatic rings. The molecule has 0 aliphatic heterocycles. The first-order chi connectivity index (χ1) is 9.74. The first kappa shape index (κ1) is 18.4. The molecular formula is C14H24BrN3O2S. The maximum atomic E-state index is 12.3. The third-order valence-electron chi connectivity index (χ3n) is 3.04. The molecule has 0 bridgehead atoms. The molecular weight excluding hydrogens is 354 g/mol. The Kier molecular flexibility index (Phi) is 7.12. The fourth-order valence-electron chi connectivity index (χ4n) is 1.76. The lowest BCUT2D eigenvalue weighted by Gasteiger charge is -2.19. The van der Waals surface area contributed by atoms with Crippen LogP contribution in [-0.4, -0.2) is 38.9 Å². The molecule has 0 aliphatic carbocycles. The highest BCUT2D eigenvalue weighted by atomic mass is 79.9. The van der Waals surface area contributed by atoms with Crippen molar-refractivity contribution in [1.82, 2.24) is 9.62 Å². The summed E-state index contributed by atoms with van der Waals surface area (Å²) in [6.07, 6.45) is 0.768. The van der Waals surface area contributed by atoms with E-state index in [4.69, 9.17) is 0 Å². The smallest absolute Gasteiger partial charge is 0.301 e. The van der Waals surface area contributed by atoms with Crippen molar-refractivity contribution >= 4 is 31.8 Å². The van der Waals surface area contributed by atoms with E-state index in [9.17, 15) is 8.42 Å². The summed E-state index contributed by atoms with van der Waals surface area (Å²) in [5.74, 6) is 0. The summed E-state index contributed by atoms with van der Waals surface area (Å²) in [5.41, 5.74) is 1.54. The van der Waals surface area contributed by atoms with Gasteiger partial charge in [0, 0.05) is 24.1 Å². The Balaban J connectivity index is 2.62. The second-order valence-electron chi connectivity index (χ2n) is 5.33. The standard InChI is InChI=1S/C14H24BrN3O2S/c1-11(2)16-9-6-10-18(4)21(19,20)17-13-8-5-7-12(3)14(13)15/h5,7-8,11,16-17H,6,9-10H2,1-4H3. The highest BCUT2D eigenvalue weighted by molar-refractivity contribution is 9.10. The summed E-state index contributed by atoms with van der Waals surface area (Å²) >= 11 is 3.41. The highest BCUT2D eigenvalue weighted by Gasteiger charge is 2.18. The van der Waals surface area contributed by atoms with Crippen LogP contribution in [0.25, 0.3) is 0 Å². The lowest BCUT2D eigenvalue weighted by atomic mass is 10.2. The maximum Gasteiger partial charge on any atom is 0.301 e. The molecule has 0 atom stereocenters. The van der Waals surface area contributed by atoms with Gasteiger partial charge in [0.2, 0.25) is 0 Å². The maximum absolute atomic E-state index is 12.3. The van der Waals surface area contributed by atoms with Gasteiger partial charge in [0.05, 0.1) is 5.69 Å². The van der Waals surface area contributed by atoms with Gasteiger partial charge in [-0.15, -0.1) is 0 Å². The monoisotopic (exact) mass is 377 g/mol. The summed E-state index contributed by atoms with van der Waals surface area (Å²) in [5, 5.41) is 3.27. The third-order valence-corrected chi connectivity index (χ3v) is 5.58. The molecule has 0 saturated heterocycles. The van der Waals surface area contributed by atoms with Crippen molar-refractivity contribution in [3.63, 3.8) is 0 Å². The van der Waals surface area contributed by atoms with E-state index in [0.29, 0.717) is 18.3 Å². The van der Waals surface area contributed by atoms with Crippen LogP contribution in [0.5, 0.6) is 0 Å². The molecule has 0 saturated carbocycles. The fourth-order valence-corrected chi connectivity index (χ4v) is 3.22. The SMILES string of the molecule is Cc1cccc(NS(=O)(=O)N(C)CCCNC(C)C)c1Br. The van der Waals surface area contributed by atoms with E-state index in [1.165, 1.54) is 4.31 Å². The first-order valence-corrected chi connectivity index (χ1v) is 9.20. The van der Waals surface area contributed by atoms with Crippen LogP contribution < -0.4 is 10.0 Å². The minimum Gasteiger partial charge on any atom is -0.314 e. The lowest BCUT2D eigenvalue weighted by molar-refractivity contribution is 0.451. The van der Waals surface area contributed by atoms with Gasteiger partial charge in [0.25, 0.3) is 0 Å². The predicted molar refractivity (Wildman–Crippen MR) is 91.8 cm³/mol. The van der Waals surface area contributed by atoms with Crippen molar-refractivity contribution in [3.8, 4) is 0 Å². The summed E-state index contributed by atoms with van der Waals surface area (Å²) in [4.78, 5) is 0. The van der Waals surface area contributed by atoms with Crippen LogP contribution in [0, 0.1) is 6.92 Å². The Bertz CT molecular complexity index is 561. The van der Waals surface area contributed by atoms with Gasteiger partial charge in [0.1, 0.15) is 0 Å². The van der Waals surface area contributed by atoms with Gasteiger partial charge in [-0.2, -0.15) is 12.7 Å². The largest absolute Gasteiger partial charge is 0.314 e. The minimum atomic E-state index is -3.53. The van der Waals surface area contributed by atoms with Crippen LogP contribution in [0.15, 0.2) is 22.7 Å². The molecule has 7 heteroatoms. The van der Waals surface area contributed by atoms with Crippen molar-refractivity contribution in [2.75, 3.05) is 24.9 Å². The Morgan fingerprint density at radius 3 is 2.62 bits per heavy atom. The molecule has 0 radical (unpaired) electrons. The van der Waals surface area contributed by atoms with Crippen LogP contribution in [0.2, 0.25) is 0 Å². The number of hydrogen-bond donors (Lipinski definition) is 2. The molecule has 120 valence electrons. The van der Waals surface area contributed by atoms with Gasteiger partial charge in [-0.05, 0) is 47.4 Å². The van der Waals surface area contributed by atoms with Gasteiger partial charge in [-0.3, -0.25) is 4.72 Å². The number of aryl methyl sites for hydroxylation is 1. The molecule has 0 amide bonds. The van der Waals surface area contributed by atoms with Crippen LogP contribution >= 0.6 is 15.9 Å². The van der Waals surface area contributed by atoms with E-state index < -0.39 is 10.2 Å². The van der Waals surface area contributed by atoms with Crippen molar-refractivity contribution in [2.45, 2.75) is 33.2 Å². The van der Waals surface area contributed by atoms with Crippen molar-refractivity contribution < 1.29 is 8.42 Å². The Morgan fingerprint density at radius 1 is 1.33 bits per heavy atom. The summed E-state index contributed by atoms with van der Waals surface area (Å²) in [6, 6.07) is 5.89. The number of halogens is 1. The number of hydrogen-bond acceptors (Lipinski definition) is 3. The molecule has 1 aromatic carbocycles. The van der Waals surface area contributed by atoms with E-state index in [2.05, 4.69) is 39.8 Å². The number of benzene rings is 1. The Hall–Kier alpha value is -0.630. The topological polar surface area (TPSA) is 61.4 Å². The third kappa shape index (κ3) is 5.94. The van der Waals surface area contributed by atoms with Crippen molar-refractivity contribution in [1.29, 1.82) is 0 Å². The molecule has 0 unspecified atom stereocenters. The fraction of sp³-hybridized carbons (Fsp3) is 0.571. The number of nitrogens with zero attached hydrogens (tertiary/aromatic N) is 1. The highest BCUT2D eigenvalue weighted by Crippen LogP contribution is 2.26. The molecule has 0 heterocycles. The summed E-state index contributed by atoms with van der Waals surface area (Å²) in [6.45, 7) is 7.32. The zero-order chi connectivity index (χ0) is 16.0. The van der Waals surface area contributed by atoms with Gasteiger partial charge in [0.15, 0.2) is 0 Å². The van der Waals surface area contributed by atoms with E-state index in [-0.39, 0.29) is 0 Å². The van der Waals surface area contributed by atoms with E-state index in [1.54, 1.807) is 13.1 Å². The molecule has 0 spiro atoms. The van der Waals surface area contributed by atoms with Crippen LogP contribution in [0.1, 0.15) is 25.8 Å². The van der Waals surface area contributed by atoms with Gasteiger partial charge in [-0.25, -0.2) is 0 Å². The average molecular weight is 378 g/mol. The summed E-state index contributed by atoms with van der Waals surface area (Å²) < 4.78 is 29.2. The normalized spacial score (nSPS) is 12.1. The van der Waals surface area contributed by atoms with Gasteiger partial charge < -0.3 is 5.32 Å². The van der Waals surface area contributed by atoms with Crippen LogP contribution in [0.3, 0.4) is 0 Å². The zero-order valence-corrected chi connectivity index (χ0v) is 15.4. The second-order valence-corrected chi connectivity index (χ2v) is 7.90. The van der Waals surface area contributed by atoms with E-state index in [1.807, 2.05) is 19.1 Å². The van der Waals surface area contributed by atoms with Crippen LogP contribution in [-0.2, 0) is 10.2 Å². The molecule has 1 aromatic rings. The van der Waals surface area contributed by atoms with E-state index >= 15 is 0 Å². The summed E-state index contributed by atoms with van der Waals surface area (Å²) in [7, 11) is -1.94. The van der Waals surface area contributed by atoms with Crippen molar-refractivity contribution in [3.05, 3.63) is 28.2 Å². The number of nitrogens with one attached hydrogen (secondary N) is 2. The first-order valence-electron chi connectivity index (χ1n) is 6.96. The van der Waals surface area contributed by atoms with Gasteiger partial charge >= 0.3 is 10.2 Å². The Labute approximate surface area is 136 Å². The number of anilines is 1.